The number of anilines is 1. The van der Waals surface area contributed by atoms with Gasteiger partial charge in [0, 0.05) is 37.9 Å². The van der Waals surface area contributed by atoms with Gasteiger partial charge in [0.2, 0.25) is 10.0 Å². The molecule has 0 saturated carbocycles. The lowest BCUT2D eigenvalue weighted by molar-refractivity contribution is 0.381. The summed E-state index contributed by atoms with van der Waals surface area (Å²) in [5, 5.41) is 0. The predicted molar refractivity (Wildman–Crippen MR) is 106 cm³/mol. The molecule has 152 valence electrons. The fourth-order valence-corrected chi connectivity index (χ4v) is 4.81. The zero-order chi connectivity index (χ0) is 20.6. The van der Waals surface area contributed by atoms with E-state index >= 15 is 0 Å². The normalized spacial score (nSPS) is 15.6. The second kappa shape index (κ2) is 7.53. The second-order valence-corrected chi connectivity index (χ2v) is 8.75. The van der Waals surface area contributed by atoms with Crippen LogP contribution in [-0.2, 0) is 10.0 Å². The van der Waals surface area contributed by atoms with E-state index < -0.39 is 15.8 Å². The Balaban J connectivity index is 1.51. The largest absolute Gasteiger partial charge is 0.354 e. The Morgan fingerprint density at radius 2 is 1.66 bits per heavy atom. The molecule has 2 aromatic heterocycles. The number of hydrogen-bond donors (Lipinski definition) is 0. The zero-order valence-electron chi connectivity index (χ0n) is 16.2. The van der Waals surface area contributed by atoms with Gasteiger partial charge in [0.25, 0.3) is 0 Å². The van der Waals surface area contributed by atoms with Crippen LogP contribution in [0.15, 0.2) is 47.9 Å². The first-order valence-corrected chi connectivity index (χ1v) is 10.6. The summed E-state index contributed by atoms with van der Waals surface area (Å²) in [4.78, 5) is 14.7. The molecule has 3 heterocycles. The number of hydrogen-bond acceptors (Lipinski definition) is 6. The minimum Gasteiger partial charge on any atom is -0.354 e. The summed E-state index contributed by atoms with van der Waals surface area (Å²) in [6, 6.07) is 7.31. The zero-order valence-corrected chi connectivity index (χ0v) is 17.0. The lowest BCUT2D eigenvalue weighted by atomic mass is 10.3. The topological polar surface area (TPSA) is 84.2 Å². The summed E-state index contributed by atoms with van der Waals surface area (Å²) in [5.74, 6) is 0.680. The van der Waals surface area contributed by atoms with Gasteiger partial charge in [0.1, 0.15) is 35.0 Å². The van der Waals surface area contributed by atoms with E-state index in [2.05, 4.69) is 15.0 Å². The fourth-order valence-electron chi connectivity index (χ4n) is 3.32. The summed E-state index contributed by atoms with van der Waals surface area (Å²) in [6.45, 7) is 5.30. The van der Waals surface area contributed by atoms with Crippen molar-refractivity contribution >= 4 is 15.8 Å². The van der Waals surface area contributed by atoms with Gasteiger partial charge in [-0.1, -0.05) is 12.1 Å². The maximum Gasteiger partial charge on any atom is 0.246 e. The Labute approximate surface area is 168 Å². The molecule has 29 heavy (non-hydrogen) atoms. The average molecular weight is 416 g/mol. The number of aryl methyl sites for hydroxylation is 1. The molecule has 3 aromatic rings. The lowest BCUT2D eigenvalue weighted by Crippen LogP contribution is -2.49. The highest BCUT2D eigenvalue weighted by Gasteiger charge is 2.30. The molecule has 10 heteroatoms. The number of halogens is 1. The number of sulfonamides is 1. The van der Waals surface area contributed by atoms with Crippen molar-refractivity contribution in [2.24, 2.45) is 0 Å². The van der Waals surface area contributed by atoms with Gasteiger partial charge in [0.15, 0.2) is 0 Å². The highest BCUT2D eigenvalue weighted by Crippen LogP contribution is 2.23. The van der Waals surface area contributed by atoms with Gasteiger partial charge in [-0.15, -0.1) is 0 Å². The third-order valence-electron chi connectivity index (χ3n) is 5.15. The van der Waals surface area contributed by atoms with Crippen LogP contribution in [0.5, 0.6) is 0 Å². The Morgan fingerprint density at radius 3 is 2.31 bits per heavy atom. The molecular formula is C19H21FN6O2S. The van der Waals surface area contributed by atoms with Gasteiger partial charge in [0.05, 0.1) is 5.69 Å². The van der Waals surface area contributed by atoms with Crippen molar-refractivity contribution in [3.8, 4) is 5.82 Å². The van der Waals surface area contributed by atoms with E-state index in [0.717, 1.165) is 17.5 Å². The van der Waals surface area contributed by atoms with Crippen molar-refractivity contribution in [1.29, 1.82) is 0 Å². The number of aromatic nitrogens is 4. The van der Waals surface area contributed by atoms with Gasteiger partial charge < -0.3 is 4.90 Å². The van der Waals surface area contributed by atoms with E-state index in [-0.39, 0.29) is 18.0 Å². The van der Waals surface area contributed by atoms with E-state index in [4.69, 9.17) is 0 Å². The van der Waals surface area contributed by atoms with Crippen LogP contribution >= 0.6 is 0 Å². The van der Waals surface area contributed by atoms with Crippen LogP contribution in [0.2, 0.25) is 0 Å². The number of nitrogens with zero attached hydrogens (tertiary/aromatic N) is 6. The van der Waals surface area contributed by atoms with Gasteiger partial charge in [-0.2, -0.15) is 4.31 Å². The summed E-state index contributed by atoms with van der Waals surface area (Å²) in [7, 11) is -3.87. The molecule has 0 bridgehead atoms. The highest BCUT2D eigenvalue weighted by atomic mass is 32.2. The maximum absolute atomic E-state index is 14.0. The first-order chi connectivity index (χ1) is 13.9. The standard InChI is InChI=1S/C19H21FN6O2S/c1-14-15(2)26(13-23-14)19-11-18(21-12-22-19)24-7-9-25(10-8-24)29(27,28)17-6-4-3-5-16(17)20/h3-6,11-13H,7-10H2,1-2H3. The summed E-state index contributed by atoms with van der Waals surface area (Å²) >= 11 is 0. The third kappa shape index (κ3) is 3.60. The molecule has 0 radical (unpaired) electrons. The molecular weight excluding hydrogens is 395 g/mol. The monoisotopic (exact) mass is 416 g/mol. The van der Waals surface area contributed by atoms with Gasteiger partial charge in [-0.25, -0.2) is 27.8 Å². The highest BCUT2D eigenvalue weighted by molar-refractivity contribution is 7.89. The lowest BCUT2D eigenvalue weighted by Gasteiger charge is -2.34. The second-order valence-electron chi connectivity index (χ2n) is 6.84. The molecule has 0 N–H and O–H groups in total. The molecule has 0 unspecified atom stereocenters. The molecule has 0 aliphatic carbocycles. The quantitative estimate of drug-likeness (QED) is 0.646. The molecule has 1 aromatic carbocycles. The van der Waals surface area contributed by atoms with Crippen LogP contribution < -0.4 is 4.90 Å². The average Bonchev–Trinajstić information content (AvgIpc) is 3.07. The van der Waals surface area contributed by atoms with Crippen molar-refractivity contribution in [2.75, 3.05) is 31.1 Å². The molecule has 8 nitrogen and oxygen atoms in total. The molecule has 1 fully saturated rings. The van der Waals surface area contributed by atoms with E-state index in [9.17, 15) is 12.8 Å². The number of imidazole rings is 1. The molecule has 1 aliphatic rings. The molecule has 0 amide bonds. The number of benzene rings is 1. The van der Waals surface area contributed by atoms with Gasteiger partial charge in [-0.05, 0) is 26.0 Å². The van der Waals surface area contributed by atoms with Crippen LogP contribution in [-0.4, -0.2) is 58.4 Å². The fraction of sp³-hybridized carbons (Fsp3) is 0.316. The number of rotatable bonds is 4. The molecule has 0 spiro atoms. The van der Waals surface area contributed by atoms with Crippen molar-refractivity contribution in [3.05, 3.63) is 60.2 Å². The van der Waals surface area contributed by atoms with E-state index in [1.54, 1.807) is 6.33 Å². The third-order valence-corrected chi connectivity index (χ3v) is 7.09. The maximum atomic E-state index is 14.0. The predicted octanol–water partition coefficient (Wildman–Crippen LogP) is 1.93. The van der Waals surface area contributed by atoms with E-state index in [1.807, 2.05) is 29.4 Å². The molecule has 1 saturated heterocycles. The van der Waals surface area contributed by atoms with Crippen LogP contribution in [0.25, 0.3) is 5.82 Å². The number of piperazine rings is 1. The van der Waals surface area contributed by atoms with E-state index in [0.29, 0.717) is 24.7 Å². The Bertz CT molecular complexity index is 1140. The first-order valence-electron chi connectivity index (χ1n) is 9.20. The Kier molecular flexibility index (Phi) is 5.05. The minimum atomic E-state index is -3.87. The van der Waals surface area contributed by atoms with Crippen LogP contribution in [0, 0.1) is 19.7 Å². The summed E-state index contributed by atoms with van der Waals surface area (Å²) in [5.41, 5.74) is 1.92. The molecule has 0 atom stereocenters. The Hall–Kier alpha value is -2.85. The van der Waals surface area contributed by atoms with Crippen LogP contribution in [0.4, 0.5) is 10.2 Å². The Morgan fingerprint density at radius 1 is 0.966 bits per heavy atom. The molecule has 4 rings (SSSR count). The smallest absolute Gasteiger partial charge is 0.246 e. The van der Waals surface area contributed by atoms with Crippen LogP contribution in [0.1, 0.15) is 11.4 Å². The SMILES string of the molecule is Cc1ncn(-c2cc(N3CCN(S(=O)(=O)c4ccccc4F)CC3)ncn2)c1C. The van der Waals surface area contributed by atoms with Crippen molar-refractivity contribution < 1.29 is 12.8 Å². The summed E-state index contributed by atoms with van der Waals surface area (Å²) in [6.07, 6.45) is 3.21. The summed E-state index contributed by atoms with van der Waals surface area (Å²) < 4.78 is 42.7. The van der Waals surface area contributed by atoms with E-state index in [1.165, 1.54) is 28.8 Å². The van der Waals surface area contributed by atoms with Crippen molar-refractivity contribution in [1.82, 2.24) is 23.8 Å². The minimum absolute atomic E-state index is 0.249. The van der Waals surface area contributed by atoms with Gasteiger partial charge in [-0.3, -0.25) is 4.57 Å². The van der Waals surface area contributed by atoms with Crippen molar-refractivity contribution in [3.63, 3.8) is 0 Å². The van der Waals surface area contributed by atoms with Crippen molar-refractivity contribution in [2.45, 2.75) is 18.7 Å². The molecule has 1 aliphatic heterocycles. The first kappa shape index (κ1) is 19.5. The van der Waals surface area contributed by atoms with Gasteiger partial charge >= 0.3 is 0 Å². The van der Waals surface area contributed by atoms with Crippen LogP contribution in [0.3, 0.4) is 0 Å².